The molecule has 4 heterocycles. The van der Waals surface area contributed by atoms with E-state index in [0.29, 0.717) is 24.7 Å². The summed E-state index contributed by atoms with van der Waals surface area (Å²) >= 11 is 0. The Morgan fingerprint density at radius 2 is 2.00 bits per heavy atom. The fourth-order valence-electron chi connectivity index (χ4n) is 4.33. The normalized spacial score (nSPS) is 15.8. The molecule has 34 heavy (non-hydrogen) atoms. The molecule has 0 radical (unpaired) electrons. The van der Waals surface area contributed by atoms with Crippen LogP contribution in [0.5, 0.6) is 0 Å². The maximum absolute atomic E-state index is 12.8. The number of hydrogen-bond acceptors (Lipinski definition) is 7. The van der Waals surface area contributed by atoms with Crippen LogP contribution in [0, 0.1) is 12.8 Å². The zero-order valence-electron chi connectivity index (χ0n) is 19.1. The van der Waals surface area contributed by atoms with Gasteiger partial charge in [-0.25, -0.2) is 15.0 Å². The van der Waals surface area contributed by atoms with Gasteiger partial charge < -0.3 is 15.5 Å². The van der Waals surface area contributed by atoms with Gasteiger partial charge in [0.15, 0.2) is 0 Å². The van der Waals surface area contributed by atoms with E-state index in [-0.39, 0.29) is 11.8 Å². The predicted molar refractivity (Wildman–Crippen MR) is 134 cm³/mol. The second-order valence-corrected chi connectivity index (χ2v) is 8.56. The van der Waals surface area contributed by atoms with Crippen LogP contribution in [0.3, 0.4) is 0 Å². The maximum atomic E-state index is 12.8. The van der Waals surface area contributed by atoms with Crippen molar-refractivity contribution in [3.05, 3.63) is 78.4 Å². The minimum atomic E-state index is -0.123. The zero-order valence-corrected chi connectivity index (χ0v) is 19.1. The number of rotatable bonds is 6. The number of hydrogen-bond donors (Lipinski definition) is 2. The smallest absolute Gasteiger partial charge is 0.229 e. The second kappa shape index (κ2) is 9.82. The van der Waals surface area contributed by atoms with E-state index in [1.165, 1.54) is 11.1 Å². The number of carbonyl (C=O) groups is 1. The van der Waals surface area contributed by atoms with Gasteiger partial charge in [-0.3, -0.25) is 9.78 Å². The van der Waals surface area contributed by atoms with E-state index in [9.17, 15) is 4.79 Å². The van der Waals surface area contributed by atoms with E-state index >= 15 is 0 Å². The first-order valence-electron chi connectivity index (χ1n) is 11.5. The van der Waals surface area contributed by atoms with E-state index in [1.54, 1.807) is 18.6 Å². The first-order valence-corrected chi connectivity index (χ1v) is 11.5. The molecular weight excluding hydrogens is 426 g/mol. The summed E-state index contributed by atoms with van der Waals surface area (Å²) in [6.07, 6.45) is 8.71. The van der Waals surface area contributed by atoms with E-state index in [4.69, 9.17) is 4.98 Å². The summed E-state index contributed by atoms with van der Waals surface area (Å²) < 4.78 is 0. The van der Waals surface area contributed by atoms with Gasteiger partial charge in [0.25, 0.3) is 0 Å². The van der Waals surface area contributed by atoms with E-state index in [1.807, 2.05) is 36.5 Å². The Morgan fingerprint density at radius 3 is 2.85 bits per heavy atom. The van der Waals surface area contributed by atoms with Crippen molar-refractivity contribution < 1.29 is 4.79 Å². The third kappa shape index (κ3) is 4.80. The SMILES string of the molecule is Cc1ccccc1CNc1ncc2c(N3CCCC(C(=O)Nc4cccnc4)C3)nccc2n1. The second-order valence-electron chi connectivity index (χ2n) is 8.56. The molecule has 1 aliphatic heterocycles. The Labute approximate surface area is 198 Å². The summed E-state index contributed by atoms with van der Waals surface area (Å²) in [7, 11) is 0. The van der Waals surface area contributed by atoms with Crippen LogP contribution in [0.15, 0.2) is 67.3 Å². The average molecular weight is 454 g/mol. The number of benzene rings is 1. The average Bonchev–Trinajstić information content (AvgIpc) is 2.88. The predicted octanol–water partition coefficient (Wildman–Crippen LogP) is 4.20. The third-order valence-electron chi connectivity index (χ3n) is 6.21. The Kier molecular flexibility index (Phi) is 6.29. The molecule has 0 spiro atoms. The van der Waals surface area contributed by atoms with Gasteiger partial charge in [-0.05, 0) is 49.1 Å². The highest BCUT2D eigenvalue weighted by Gasteiger charge is 2.27. The van der Waals surface area contributed by atoms with Crippen molar-refractivity contribution in [3.63, 3.8) is 0 Å². The number of carbonyl (C=O) groups excluding carboxylic acids is 1. The molecule has 3 aromatic heterocycles. The molecule has 1 aromatic carbocycles. The molecule has 4 aromatic rings. The zero-order chi connectivity index (χ0) is 23.3. The van der Waals surface area contributed by atoms with Gasteiger partial charge in [0.2, 0.25) is 11.9 Å². The largest absolute Gasteiger partial charge is 0.355 e. The molecule has 1 unspecified atom stereocenters. The van der Waals surface area contributed by atoms with Gasteiger partial charge in [0.05, 0.1) is 28.7 Å². The molecule has 1 saturated heterocycles. The van der Waals surface area contributed by atoms with Gasteiger partial charge in [0.1, 0.15) is 5.82 Å². The molecule has 0 aliphatic carbocycles. The Bertz CT molecular complexity index is 1290. The van der Waals surface area contributed by atoms with Crippen molar-refractivity contribution in [2.45, 2.75) is 26.3 Å². The fraction of sp³-hybridized carbons (Fsp3) is 0.269. The minimum absolute atomic E-state index is 0.0110. The number of aryl methyl sites for hydroxylation is 1. The molecule has 172 valence electrons. The van der Waals surface area contributed by atoms with Crippen LogP contribution in [-0.4, -0.2) is 38.9 Å². The highest BCUT2D eigenvalue weighted by atomic mass is 16.1. The number of fused-ring (bicyclic) bond motifs is 1. The summed E-state index contributed by atoms with van der Waals surface area (Å²) in [5, 5.41) is 7.19. The minimum Gasteiger partial charge on any atom is -0.355 e. The molecule has 5 rings (SSSR count). The lowest BCUT2D eigenvalue weighted by molar-refractivity contribution is -0.120. The van der Waals surface area contributed by atoms with Crippen molar-refractivity contribution in [3.8, 4) is 0 Å². The van der Waals surface area contributed by atoms with Gasteiger partial charge in [-0.15, -0.1) is 0 Å². The highest BCUT2D eigenvalue weighted by molar-refractivity contribution is 5.94. The van der Waals surface area contributed by atoms with Crippen LogP contribution >= 0.6 is 0 Å². The summed E-state index contributed by atoms with van der Waals surface area (Å²) in [6.45, 7) is 4.20. The molecule has 0 saturated carbocycles. The fourth-order valence-corrected chi connectivity index (χ4v) is 4.33. The van der Waals surface area contributed by atoms with Crippen LogP contribution in [0.4, 0.5) is 17.5 Å². The van der Waals surface area contributed by atoms with Crippen molar-refractivity contribution in [2.75, 3.05) is 28.6 Å². The van der Waals surface area contributed by atoms with Gasteiger partial charge in [-0.2, -0.15) is 0 Å². The molecule has 1 fully saturated rings. The number of amides is 1. The number of piperidine rings is 1. The van der Waals surface area contributed by atoms with Gasteiger partial charge in [-0.1, -0.05) is 24.3 Å². The van der Waals surface area contributed by atoms with Crippen molar-refractivity contribution in [1.82, 2.24) is 19.9 Å². The van der Waals surface area contributed by atoms with Crippen molar-refractivity contribution in [2.24, 2.45) is 5.92 Å². The first-order chi connectivity index (χ1) is 16.7. The topological polar surface area (TPSA) is 95.9 Å². The summed E-state index contributed by atoms with van der Waals surface area (Å²) in [6, 6.07) is 13.8. The third-order valence-corrected chi connectivity index (χ3v) is 6.21. The van der Waals surface area contributed by atoms with Crippen molar-refractivity contribution in [1.29, 1.82) is 0 Å². The summed E-state index contributed by atoms with van der Waals surface area (Å²) in [4.78, 5) is 33.0. The Hall–Kier alpha value is -4.07. The van der Waals surface area contributed by atoms with Crippen LogP contribution in [0.2, 0.25) is 0 Å². The highest BCUT2D eigenvalue weighted by Crippen LogP contribution is 2.28. The lowest BCUT2D eigenvalue weighted by atomic mass is 9.96. The molecule has 1 atom stereocenters. The number of aromatic nitrogens is 4. The maximum Gasteiger partial charge on any atom is 0.229 e. The molecule has 8 heteroatoms. The molecule has 1 amide bonds. The monoisotopic (exact) mass is 453 g/mol. The van der Waals surface area contributed by atoms with Crippen LogP contribution in [-0.2, 0) is 11.3 Å². The number of nitrogens with one attached hydrogen (secondary N) is 2. The lowest BCUT2D eigenvalue weighted by Gasteiger charge is -2.33. The van der Waals surface area contributed by atoms with E-state index < -0.39 is 0 Å². The number of pyridine rings is 2. The quantitative estimate of drug-likeness (QED) is 0.452. The Morgan fingerprint density at radius 1 is 1.09 bits per heavy atom. The first kappa shape index (κ1) is 21.8. The molecular formula is C26H27N7O. The van der Waals surface area contributed by atoms with Crippen LogP contribution in [0.25, 0.3) is 10.9 Å². The van der Waals surface area contributed by atoms with Gasteiger partial charge in [0, 0.05) is 38.2 Å². The summed E-state index contributed by atoms with van der Waals surface area (Å²) in [5.74, 6) is 1.29. The van der Waals surface area contributed by atoms with E-state index in [0.717, 1.165) is 36.1 Å². The molecule has 0 bridgehead atoms. The van der Waals surface area contributed by atoms with Crippen LogP contribution in [0.1, 0.15) is 24.0 Å². The number of nitrogens with zero attached hydrogens (tertiary/aromatic N) is 5. The summed E-state index contributed by atoms with van der Waals surface area (Å²) in [5.41, 5.74) is 3.99. The molecule has 1 aliphatic rings. The Balaban J connectivity index is 1.31. The van der Waals surface area contributed by atoms with Crippen LogP contribution < -0.4 is 15.5 Å². The van der Waals surface area contributed by atoms with E-state index in [2.05, 4.69) is 49.5 Å². The standard InChI is InChI=1S/C26H27N7O/c1-18-6-2-3-7-19(18)14-29-26-30-16-22-23(32-26)10-12-28-24(22)33-13-5-8-20(17-33)25(34)31-21-9-4-11-27-15-21/h2-4,6-7,9-12,15-16,20H,5,8,13-14,17H2,1H3,(H,31,34)(H,29,30,32). The molecule has 8 nitrogen and oxygen atoms in total. The molecule has 2 N–H and O–H groups in total. The van der Waals surface area contributed by atoms with Crippen molar-refractivity contribution >= 4 is 34.3 Å². The lowest BCUT2D eigenvalue weighted by Crippen LogP contribution is -2.41. The van der Waals surface area contributed by atoms with Gasteiger partial charge >= 0.3 is 0 Å². The number of anilines is 3.